The van der Waals surface area contributed by atoms with Crippen LogP contribution in [-0.2, 0) is 0 Å². The van der Waals surface area contributed by atoms with Crippen LogP contribution in [0.3, 0.4) is 0 Å². The van der Waals surface area contributed by atoms with Crippen LogP contribution in [0.15, 0.2) is 24.3 Å². The zero-order valence-electron chi connectivity index (χ0n) is 16.8. The molecule has 0 aliphatic heterocycles. The lowest BCUT2D eigenvalue weighted by molar-refractivity contribution is -0.910. The minimum atomic E-state index is -1.06. The molecule has 0 amide bonds. The van der Waals surface area contributed by atoms with Gasteiger partial charge in [0, 0.05) is 0 Å². The first-order valence-corrected chi connectivity index (χ1v) is 9.69. The van der Waals surface area contributed by atoms with Crippen LogP contribution in [0.25, 0.3) is 0 Å². The van der Waals surface area contributed by atoms with Crippen molar-refractivity contribution in [3.05, 3.63) is 35.4 Å². The molecule has 0 saturated heterocycles. The molecule has 1 rings (SSSR count). The summed E-state index contributed by atoms with van der Waals surface area (Å²) in [5, 5.41) is 16.9. The maximum absolute atomic E-state index is 10.3. The number of benzene rings is 1. The predicted molar refractivity (Wildman–Crippen MR) is 106 cm³/mol. The lowest BCUT2D eigenvalue weighted by Crippen LogP contribution is -2.46. The number of unbranched alkanes of at least 4 members (excludes halogenated alkanes) is 3. The lowest BCUT2D eigenvalue weighted by Gasteiger charge is -2.34. The van der Waals surface area contributed by atoms with E-state index in [-0.39, 0.29) is 11.1 Å². The average Bonchev–Trinajstić information content (AvgIpc) is 2.64. The Bertz CT molecular complexity index is 471. The summed E-state index contributed by atoms with van der Waals surface area (Å²) in [6, 6.07) is 5.02. The summed E-state index contributed by atoms with van der Waals surface area (Å²) in [6.07, 6.45) is 8.20. The van der Waals surface area contributed by atoms with Gasteiger partial charge in [-0.05, 0) is 43.5 Å². The van der Waals surface area contributed by atoms with Gasteiger partial charge in [0.1, 0.15) is 0 Å². The smallest absolute Gasteiger partial charge is 0.335 e. The Morgan fingerprint density at radius 3 is 1.19 bits per heavy atom. The maximum Gasteiger partial charge on any atom is 0.335 e. The second-order valence-electron chi connectivity index (χ2n) is 7.04. The second kappa shape index (κ2) is 13.3. The highest BCUT2D eigenvalue weighted by molar-refractivity contribution is 5.91. The van der Waals surface area contributed by atoms with Gasteiger partial charge in [0.15, 0.2) is 0 Å². The van der Waals surface area contributed by atoms with Crippen molar-refractivity contribution < 1.29 is 24.3 Å². The van der Waals surface area contributed by atoms with Gasteiger partial charge in [-0.1, -0.05) is 40.0 Å². The van der Waals surface area contributed by atoms with Gasteiger partial charge in [-0.25, -0.2) is 9.59 Å². The molecule has 1 aromatic rings. The Labute approximate surface area is 158 Å². The van der Waals surface area contributed by atoms with Crippen molar-refractivity contribution in [1.29, 1.82) is 0 Å². The van der Waals surface area contributed by atoms with Crippen molar-refractivity contribution in [2.24, 2.45) is 0 Å². The van der Waals surface area contributed by atoms with Gasteiger partial charge in [-0.15, -0.1) is 0 Å². The molecule has 0 fully saturated rings. The summed E-state index contributed by atoms with van der Waals surface area (Å²) in [5.74, 6) is -2.13. The fraction of sp³-hybridized carbons (Fsp3) is 0.619. The Morgan fingerprint density at radius 2 is 1.00 bits per heavy atom. The monoisotopic (exact) mass is 366 g/mol. The topological polar surface area (TPSA) is 74.6 Å². The van der Waals surface area contributed by atoms with Gasteiger partial charge in [-0.2, -0.15) is 0 Å². The molecule has 5 heteroatoms. The summed E-state index contributed by atoms with van der Waals surface area (Å²) in [6.45, 7) is 11.0. The van der Waals surface area contributed by atoms with Crippen LogP contribution in [0, 0.1) is 0 Å². The molecule has 0 heterocycles. The number of quaternary nitrogens is 1. The van der Waals surface area contributed by atoms with Crippen LogP contribution in [0.4, 0.5) is 0 Å². The number of hydrogen-bond donors (Lipinski definition) is 2. The molecule has 0 aliphatic carbocycles. The van der Waals surface area contributed by atoms with E-state index in [4.69, 9.17) is 10.2 Å². The molecule has 0 atom stereocenters. The minimum absolute atomic E-state index is 0.0833. The largest absolute Gasteiger partial charge is 0.478 e. The molecule has 0 aliphatic rings. The van der Waals surface area contributed by atoms with Crippen LogP contribution >= 0.6 is 0 Å². The first-order valence-electron chi connectivity index (χ1n) is 9.69. The fourth-order valence-electron chi connectivity index (χ4n) is 2.71. The van der Waals surface area contributed by atoms with Crippen LogP contribution in [0.5, 0.6) is 0 Å². The number of carbonyl (C=O) groups is 2. The van der Waals surface area contributed by atoms with E-state index in [0.717, 1.165) is 0 Å². The highest BCUT2D eigenvalue weighted by Gasteiger charge is 2.18. The standard InChI is InChI=1S/C13H30N.C8H6O4/c1-5-8-11-14(4,12-9-6-2)13-10-7-3;9-7(10)5-1-2-6(4-3-5)8(11)12/h5-13H2,1-4H3;1-4H,(H,9,10)(H,11,12)/q+1;. The lowest BCUT2D eigenvalue weighted by atomic mass is 10.1. The number of carboxylic acid groups (broad SMARTS) is 2. The van der Waals surface area contributed by atoms with Crippen molar-refractivity contribution in [2.45, 2.75) is 59.3 Å². The molecule has 148 valence electrons. The Kier molecular flexibility index (Phi) is 12.4. The third kappa shape index (κ3) is 10.2. The molecule has 0 radical (unpaired) electrons. The van der Waals surface area contributed by atoms with Gasteiger partial charge in [0.05, 0.1) is 37.8 Å². The quantitative estimate of drug-likeness (QED) is 0.545. The number of nitrogens with zero attached hydrogens (tertiary/aromatic N) is 1. The fourth-order valence-corrected chi connectivity index (χ4v) is 2.71. The van der Waals surface area contributed by atoms with E-state index in [9.17, 15) is 9.59 Å². The molecule has 0 saturated carbocycles. The number of carboxylic acids is 2. The summed E-state index contributed by atoms with van der Waals surface area (Å²) in [4.78, 5) is 20.7. The number of rotatable bonds is 11. The molecule has 26 heavy (non-hydrogen) atoms. The van der Waals surface area contributed by atoms with Crippen molar-refractivity contribution in [3.8, 4) is 0 Å². The molecule has 0 unspecified atom stereocenters. The van der Waals surface area contributed by atoms with E-state index in [2.05, 4.69) is 27.8 Å². The van der Waals surface area contributed by atoms with Crippen LogP contribution in [-0.4, -0.2) is 53.3 Å². The molecule has 0 spiro atoms. The maximum atomic E-state index is 10.3. The first-order chi connectivity index (χ1) is 12.3. The van der Waals surface area contributed by atoms with Gasteiger partial charge in [-0.3, -0.25) is 0 Å². The first kappa shape index (κ1) is 24.1. The van der Waals surface area contributed by atoms with Gasteiger partial charge >= 0.3 is 11.9 Å². The summed E-state index contributed by atoms with van der Waals surface area (Å²) in [5.41, 5.74) is 0.167. The SMILES string of the molecule is CCCC[N+](C)(CCCC)CCCC.O=C(O)c1ccc(C(=O)O)cc1. The highest BCUT2D eigenvalue weighted by atomic mass is 16.4. The zero-order valence-corrected chi connectivity index (χ0v) is 16.8. The predicted octanol–water partition coefficient (Wildman–Crippen LogP) is 4.92. The van der Waals surface area contributed by atoms with Crippen molar-refractivity contribution in [1.82, 2.24) is 0 Å². The molecule has 0 aromatic heterocycles. The Morgan fingerprint density at radius 1 is 0.731 bits per heavy atom. The summed E-state index contributed by atoms with van der Waals surface area (Å²) >= 11 is 0. The van der Waals surface area contributed by atoms with Crippen molar-refractivity contribution >= 4 is 11.9 Å². The summed E-state index contributed by atoms with van der Waals surface area (Å²) < 4.78 is 1.32. The average molecular weight is 367 g/mol. The Hall–Kier alpha value is -1.88. The van der Waals surface area contributed by atoms with E-state index < -0.39 is 11.9 Å². The highest BCUT2D eigenvalue weighted by Crippen LogP contribution is 2.10. The van der Waals surface area contributed by atoms with Crippen LogP contribution in [0.2, 0.25) is 0 Å². The van der Waals surface area contributed by atoms with Gasteiger partial charge in [0.25, 0.3) is 0 Å². The van der Waals surface area contributed by atoms with Crippen molar-refractivity contribution in [3.63, 3.8) is 0 Å². The third-order valence-electron chi connectivity index (χ3n) is 4.53. The van der Waals surface area contributed by atoms with E-state index in [1.165, 1.54) is 86.9 Å². The number of aromatic carboxylic acids is 2. The van der Waals surface area contributed by atoms with E-state index in [1.807, 2.05) is 0 Å². The summed E-state index contributed by atoms with van der Waals surface area (Å²) in [7, 11) is 2.45. The number of hydrogen-bond acceptors (Lipinski definition) is 2. The van der Waals surface area contributed by atoms with Crippen molar-refractivity contribution in [2.75, 3.05) is 26.7 Å². The normalized spacial score (nSPS) is 10.8. The molecule has 5 nitrogen and oxygen atoms in total. The van der Waals surface area contributed by atoms with Gasteiger partial charge in [0.2, 0.25) is 0 Å². The Balaban J connectivity index is 0.000000485. The molecular formula is C21H36NO4+. The molecule has 0 bridgehead atoms. The van der Waals surface area contributed by atoms with E-state index >= 15 is 0 Å². The molecular weight excluding hydrogens is 330 g/mol. The van der Waals surface area contributed by atoms with Crippen LogP contribution in [0.1, 0.15) is 80.0 Å². The van der Waals surface area contributed by atoms with E-state index in [1.54, 1.807) is 0 Å². The minimum Gasteiger partial charge on any atom is -0.478 e. The van der Waals surface area contributed by atoms with Crippen LogP contribution < -0.4 is 0 Å². The van der Waals surface area contributed by atoms with E-state index in [0.29, 0.717) is 0 Å². The molecule has 1 aromatic carbocycles. The third-order valence-corrected chi connectivity index (χ3v) is 4.53. The molecule has 2 N–H and O–H groups in total. The van der Waals surface area contributed by atoms with Gasteiger partial charge < -0.3 is 14.7 Å². The second-order valence-corrected chi connectivity index (χ2v) is 7.04. The zero-order chi connectivity index (χ0) is 20.0.